The van der Waals surface area contributed by atoms with Gasteiger partial charge in [0.1, 0.15) is 0 Å². The number of thioether (sulfide) groups is 1. The van der Waals surface area contributed by atoms with Crippen LogP contribution in [0.4, 0.5) is 0 Å². The maximum Gasteiger partial charge on any atom is 0.307 e. The lowest BCUT2D eigenvalue weighted by molar-refractivity contribution is -0.141. The number of rotatable bonds is 7. The molecular weight excluding hydrogens is 274 g/mol. The van der Waals surface area contributed by atoms with Crippen LogP contribution >= 0.6 is 11.8 Å². The summed E-state index contributed by atoms with van der Waals surface area (Å²) in [6.45, 7) is 3.84. The molecule has 0 saturated carbocycles. The van der Waals surface area contributed by atoms with E-state index in [0.717, 1.165) is 5.75 Å². The average Bonchev–Trinajstić information content (AvgIpc) is 2.38. The summed E-state index contributed by atoms with van der Waals surface area (Å²) in [5, 5.41) is 2.78. The molecule has 0 aliphatic carbocycles. The minimum absolute atomic E-state index is 0.0564. The number of hydrogen-bond acceptors (Lipinski definition) is 4. The van der Waals surface area contributed by atoms with Gasteiger partial charge in [-0.3, -0.25) is 9.59 Å². The molecule has 1 atom stereocenters. The van der Waals surface area contributed by atoms with E-state index in [1.54, 1.807) is 18.7 Å². The van der Waals surface area contributed by atoms with E-state index in [1.807, 2.05) is 6.07 Å². The molecule has 0 radical (unpaired) electrons. The van der Waals surface area contributed by atoms with Crippen LogP contribution in [0.15, 0.2) is 24.3 Å². The number of hydrogen-bond donors (Lipinski definition) is 1. The first kappa shape index (κ1) is 16.6. The van der Waals surface area contributed by atoms with Crippen molar-refractivity contribution in [2.24, 2.45) is 0 Å². The lowest BCUT2D eigenvalue weighted by Crippen LogP contribution is -2.35. The number of benzene rings is 1. The first-order valence-electron chi connectivity index (χ1n) is 6.50. The highest BCUT2D eigenvalue weighted by atomic mass is 32.2. The molecule has 0 aromatic heterocycles. The molecule has 1 unspecified atom stereocenters. The maximum absolute atomic E-state index is 11.7. The third-order valence-corrected chi connectivity index (χ3v) is 3.70. The Hall–Kier alpha value is -1.49. The van der Waals surface area contributed by atoms with Crippen LogP contribution < -0.4 is 5.32 Å². The van der Waals surface area contributed by atoms with Crippen molar-refractivity contribution in [2.45, 2.75) is 32.1 Å². The zero-order valence-electron chi connectivity index (χ0n) is 12.1. The fraction of sp³-hybridized carbons (Fsp3) is 0.467. The van der Waals surface area contributed by atoms with E-state index in [0.29, 0.717) is 5.75 Å². The minimum Gasteiger partial charge on any atom is -0.469 e. The van der Waals surface area contributed by atoms with Crippen LogP contribution in [0.3, 0.4) is 0 Å². The molecule has 5 heteroatoms. The van der Waals surface area contributed by atoms with E-state index >= 15 is 0 Å². The number of carbonyl (C=O) groups is 2. The van der Waals surface area contributed by atoms with Crippen molar-refractivity contribution >= 4 is 23.6 Å². The van der Waals surface area contributed by atoms with Crippen molar-refractivity contribution in [1.82, 2.24) is 5.32 Å². The number of esters is 1. The molecule has 0 heterocycles. The summed E-state index contributed by atoms with van der Waals surface area (Å²) in [7, 11) is 1.34. The van der Waals surface area contributed by atoms with Crippen LogP contribution in [0.25, 0.3) is 0 Å². The molecule has 20 heavy (non-hydrogen) atoms. The van der Waals surface area contributed by atoms with Gasteiger partial charge in [0.2, 0.25) is 5.91 Å². The first-order valence-corrected chi connectivity index (χ1v) is 7.66. The normalized spacial score (nSPS) is 11.8. The van der Waals surface area contributed by atoms with Crippen molar-refractivity contribution in [3.8, 4) is 0 Å². The standard InChI is InChI=1S/C15H21NO3S/c1-11-5-4-6-13(7-11)9-20-10-14(17)16-12(2)8-15(18)19-3/h4-7,12H,8-10H2,1-3H3,(H,16,17). The van der Waals surface area contributed by atoms with E-state index in [1.165, 1.54) is 18.2 Å². The number of amides is 1. The third kappa shape index (κ3) is 6.61. The second-order valence-electron chi connectivity index (χ2n) is 4.73. The number of aryl methyl sites for hydroxylation is 1. The highest BCUT2D eigenvalue weighted by molar-refractivity contribution is 7.99. The van der Waals surface area contributed by atoms with Crippen molar-refractivity contribution in [3.63, 3.8) is 0 Å². The Labute approximate surface area is 124 Å². The van der Waals surface area contributed by atoms with Crippen molar-refractivity contribution in [3.05, 3.63) is 35.4 Å². The van der Waals surface area contributed by atoms with Gasteiger partial charge in [-0.1, -0.05) is 29.8 Å². The van der Waals surface area contributed by atoms with Gasteiger partial charge in [-0.15, -0.1) is 11.8 Å². The van der Waals surface area contributed by atoms with Crippen LogP contribution in [0.1, 0.15) is 24.5 Å². The second kappa shape index (κ2) is 8.64. The summed E-state index contributed by atoms with van der Waals surface area (Å²) >= 11 is 1.56. The summed E-state index contributed by atoms with van der Waals surface area (Å²) in [5.74, 6) is 0.823. The predicted octanol–water partition coefficient (Wildman–Crippen LogP) is 2.30. The lowest BCUT2D eigenvalue weighted by Gasteiger charge is -2.12. The molecule has 0 fully saturated rings. The van der Waals surface area contributed by atoms with Gasteiger partial charge < -0.3 is 10.1 Å². The van der Waals surface area contributed by atoms with Crippen molar-refractivity contribution in [2.75, 3.05) is 12.9 Å². The zero-order chi connectivity index (χ0) is 15.0. The molecule has 0 aliphatic rings. The van der Waals surface area contributed by atoms with Gasteiger partial charge in [-0.05, 0) is 19.4 Å². The SMILES string of the molecule is COC(=O)CC(C)NC(=O)CSCc1cccc(C)c1. The molecule has 1 amide bonds. The number of carbonyl (C=O) groups excluding carboxylic acids is 2. The quantitative estimate of drug-likeness (QED) is 0.784. The number of methoxy groups -OCH3 is 1. The number of nitrogens with one attached hydrogen (secondary N) is 1. The zero-order valence-corrected chi connectivity index (χ0v) is 13.0. The molecule has 1 aromatic rings. The fourth-order valence-corrected chi connectivity index (χ4v) is 2.55. The van der Waals surface area contributed by atoms with Crippen molar-refractivity contribution in [1.29, 1.82) is 0 Å². The first-order chi connectivity index (χ1) is 9.51. The Kier molecular flexibility index (Phi) is 7.15. The second-order valence-corrected chi connectivity index (χ2v) is 5.72. The molecule has 1 rings (SSSR count). The Balaban J connectivity index is 2.24. The average molecular weight is 295 g/mol. The molecule has 0 bridgehead atoms. The Bertz CT molecular complexity index is 462. The van der Waals surface area contributed by atoms with Crippen LogP contribution in [0, 0.1) is 6.92 Å². The molecule has 0 saturated heterocycles. The molecule has 0 spiro atoms. The van der Waals surface area contributed by atoms with Gasteiger partial charge in [0.25, 0.3) is 0 Å². The Morgan fingerprint density at radius 3 is 2.80 bits per heavy atom. The van der Waals surface area contributed by atoms with Crippen LogP contribution in [-0.4, -0.2) is 30.8 Å². The molecule has 4 nitrogen and oxygen atoms in total. The molecule has 1 aromatic carbocycles. The van der Waals surface area contributed by atoms with Gasteiger partial charge >= 0.3 is 5.97 Å². The fourth-order valence-electron chi connectivity index (χ4n) is 1.76. The van der Waals surface area contributed by atoms with E-state index in [2.05, 4.69) is 35.2 Å². The topological polar surface area (TPSA) is 55.4 Å². The van der Waals surface area contributed by atoms with E-state index in [9.17, 15) is 9.59 Å². The van der Waals surface area contributed by atoms with Crippen LogP contribution in [-0.2, 0) is 20.1 Å². The predicted molar refractivity (Wildman–Crippen MR) is 81.6 cm³/mol. The molecule has 1 N–H and O–H groups in total. The molecular formula is C15H21NO3S. The highest BCUT2D eigenvalue weighted by Crippen LogP contribution is 2.13. The van der Waals surface area contributed by atoms with E-state index in [-0.39, 0.29) is 24.3 Å². The van der Waals surface area contributed by atoms with Crippen LogP contribution in [0.5, 0.6) is 0 Å². The third-order valence-electron chi connectivity index (χ3n) is 2.69. The number of ether oxygens (including phenoxy) is 1. The Morgan fingerprint density at radius 2 is 2.15 bits per heavy atom. The molecule has 0 aliphatic heterocycles. The summed E-state index contributed by atoms with van der Waals surface area (Å²) in [5.41, 5.74) is 2.43. The summed E-state index contributed by atoms with van der Waals surface area (Å²) in [4.78, 5) is 22.8. The largest absolute Gasteiger partial charge is 0.469 e. The van der Waals surface area contributed by atoms with Gasteiger partial charge in [0.15, 0.2) is 0 Å². The minimum atomic E-state index is -0.315. The summed E-state index contributed by atoms with van der Waals surface area (Å²) < 4.78 is 4.56. The Morgan fingerprint density at radius 1 is 1.40 bits per heavy atom. The van der Waals surface area contributed by atoms with Gasteiger partial charge in [-0.2, -0.15) is 0 Å². The smallest absolute Gasteiger partial charge is 0.307 e. The van der Waals surface area contributed by atoms with Gasteiger partial charge in [0.05, 0.1) is 19.3 Å². The van der Waals surface area contributed by atoms with E-state index < -0.39 is 0 Å². The highest BCUT2D eigenvalue weighted by Gasteiger charge is 2.11. The van der Waals surface area contributed by atoms with Gasteiger partial charge in [0, 0.05) is 11.8 Å². The monoisotopic (exact) mass is 295 g/mol. The maximum atomic E-state index is 11.7. The van der Waals surface area contributed by atoms with Gasteiger partial charge in [-0.25, -0.2) is 0 Å². The summed E-state index contributed by atoms with van der Waals surface area (Å²) in [6, 6.07) is 8.04. The lowest BCUT2D eigenvalue weighted by atomic mass is 10.2. The molecule has 110 valence electrons. The van der Waals surface area contributed by atoms with Crippen molar-refractivity contribution < 1.29 is 14.3 Å². The van der Waals surface area contributed by atoms with E-state index in [4.69, 9.17) is 0 Å². The van der Waals surface area contributed by atoms with Crippen LogP contribution in [0.2, 0.25) is 0 Å². The summed E-state index contributed by atoms with van der Waals surface area (Å²) in [6.07, 6.45) is 0.199.